The second kappa shape index (κ2) is 13.7. The Morgan fingerprint density at radius 2 is 0.845 bits per heavy atom. The van der Waals surface area contributed by atoms with Gasteiger partial charge in [-0.1, -0.05) is 190 Å². The third kappa shape index (κ3) is 6.18. The molecule has 0 saturated heterocycles. The summed E-state index contributed by atoms with van der Waals surface area (Å²) in [7, 11) is 0. The predicted octanol–water partition coefficient (Wildman–Crippen LogP) is 12.4. The van der Waals surface area contributed by atoms with Crippen LogP contribution >= 0.6 is 0 Å². The molecule has 58 heavy (non-hydrogen) atoms. The number of anilines is 3. The highest BCUT2D eigenvalue weighted by atomic mass is 16.5. The molecule has 2 aliphatic rings. The summed E-state index contributed by atoms with van der Waals surface area (Å²) in [6.07, 6.45) is 0. The summed E-state index contributed by atoms with van der Waals surface area (Å²) in [6, 6.07) is 61.2. The lowest BCUT2D eigenvalue weighted by molar-refractivity contribution is 0.484. The molecule has 0 aliphatic carbocycles. The van der Waals surface area contributed by atoms with E-state index in [-0.39, 0.29) is 23.0 Å². The third-order valence-electron chi connectivity index (χ3n) is 12.5. The van der Waals surface area contributed by atoms with Crippen LogP contribution in [0, 0.1) is 0 Å². The Morgan fingerprint density at radius 3 is 1.34 bits per heavy atom. The maximum atomic E-state index is 7.27. The summed E-state index contributed by atoms with van der Waals surface area (Å²) in [5, 5.41) is 0. The number of rotatable bonds is 5. The number of benzene rings is 7. The van der Waals surface area contributed by atoms with E-state index < -0.39 is 5.41 Å². The average Bonchev–Trinajstić information content (AvgIpc) is 3.21. The van der Waals surface area contributed by atoms with Crippen LogP contribution in [-0.4, -0.2) is 6.71 Å². The van der Waals surface area contributed by atoms with E-state index in [4.69, 9.17) is 4.74 Å². The monoisotopic (exact) mass is 755 g/mol. The van der Waals surface area contributed by atoms with Crippen molar-refractivity contribution < 1.29 is 4.74 Å². The Balaban J connectivity index is 1.42. The lowest BCUT2D eigenvalue weighted by atomic mass is 9.33. The van der Waals surface area contributed by atoms with Crippen molar-refractivity contribution in [3.63, 3.8) is 0 Å². The number of fused-ring (bicyclic) bond motifs is 4. The van der Waals surface area contributed by atoms with Crippen LogP contribution < -0.4 is 26.0 Å². The molecule has 0 aromatic heterocycles. The van der Waals surface area contributed by atoms with E-state index in [1.54, 1.807) is 0 Å². The van der Waals surface area contributed by atoms with Crippen LogP contribution in [0.1, 0.15) is 101 Å². The van der Waals surface area contributed by atoms with Gasteiger partial charge in [-0.3, -0.25) is 0 Å². The topological polar surface area (TPSA) is 12.5 Å². The van der Waals surface area contributed by atoms with Gasteiger partial charge in [0.15, 0.2) is 0 Å². The SMILES string of the molecule is CC(C)(C)c1ccc(N2c3ccc(C(C)(C)C)cc3B3c4cc(C(C)(C)C)ccc4Oc4cc(C(c5ccccc5)(c5ccccc5)c5ccccc5)cc2c43)cc1. The van der Waals surface area contributed by atoms with Gasteiger partial charge in [-0.15, -0.1) is 0 Å². The fraction of sp³-hybridized carbons (Fsp3) is 0.236. The number of hydrogen-bond acceptors (Lipinski definition) is 2. The van der Waals surface area contributed by atoms with Crippen molar-refractivity contribution in [2.75, 3.05) is 4.90 Å². The molecule has 0 fully saturated rings. The maximum Gasteiger partial charge on any atom is 0.256 e. The van der Waals surface area contributed by atoms with Crippen molar-refractivity contribution in [3.05, 3.63) is 203 Å². The van der Waals surface area contributed by atoms with Crippen molar-refractivity contribution in [2.45, 2.75) is 84.0 Å². The van der Waals surface area contributed by atoms with E-state index in [2.05, 4.69) is 231 Å². The van der Waals surface area contributed by atoms with Gasteiger partial charge in [0, 0.05) is 17.1 Å². The van der Waals surface area contributed by atoms with Crippen LogP contribution in [0.3, 0.4) is 0 Å². The van der Waals surface area contributed by atoms with Gasteiger partial charge in [-0.25, -0.2) is 0 Å². The number of ether oxygens (including phenoxy) is 1. The maximum absolute atomic E-state index is 7.27. The van der Waals surface area contributed by atoms with Gasteiger partial charge in [0.2, 0.25) is 0 Å². The molecule has 2 aliphatic heterocycles. The first-order chi connectivity index (χ1) is 27.7. The quantitative estimate of drug-likeness (QED) is 0.128. The molecule has 2 nitrogen and oxygen atoms in total. The molecule has 288 valence electrons. The predicted molar refractivity (Wildman–Crippen MR) is 247 cm³/mol. The first-order valence-electron chi connectivity index (χ1n) is 20.9. The molecule has 0 radical (unpaired) electrons. The molecule has 9 rings (SSSR count). The van der Waals surface area contributed by atoms with Crippen molar-refractivity contribution in [1.82, 2.24) is 0 Å². The highest BCUT2D eigenvalue weighted by molar-refractivity contribution is 6.99. The van der Waals surface area contributed by atoms with Gasteiger partial charge >= 0.3 is 0 Å². The highest BCUT2D eigenvalue weighted by Crippen LogP contribution is 2.50. The summed E-state index contributed by atoms with van der Waals surface area (Å²) in [5.74, 6) is 1.83. The summed E-state index contributed by atoms with van der Waals surface area (Å²) in [5.41, 5.74) is 15.3. The van der Waals surface area contributed by atoms with E-state index in [9.17, 15) is 0 Å². The Bertz CT molecular complexity index is 2530. The molecule has 0 bridgehead atoms. The van der Waals surface area contributed by atoms with E-state index >= 15 is 0 Å². The van der Waals surface area contributed by atoms with Crippen LogP contribution in [0.15, 0.2) is 164 Å². The van der Waals surface area contributed by atoms with Crippen LogP contribution in [0.4, 0.5) is 17.1 Å². The molecule has 0 saturated carbocycles. The van der Waals surface area contributed by atoms with E-state index in [0.29, 0.717) is 0 Å². The molecule has 0 atom stereocenters. The summed E-state index contributed by atoms with van der Waals surface area (Å²) in [4.78, 5) is 2.51. The molecule has 7 aromatic carbocycles. The molecule has 0 N–H and O–H groups in total. The van der Waals surface area contributed by atoms with Gasteiger partial charge in [0.05, 0.1) is 5.41 Å². The molecular formula is C55H54BNO. The lowest BCUT2D eigenvalue weighted by Crippen LogP contribution is -2.60. The van der Waals surface area contributed by atoms with Crippen LogP contribution in [0.25, 0.3) is 0 Å². The summed E-state index contributed by atoms with van der Waals surface area (Å²) in [6.45, 7) is 20.7. The molecule has 0 amide bonds. The van der Waals surface area contributed by atoms with Gasteiger partial charge in [0.25, 0.3) is 6.71 Å². The largest absolute Gasteiger partial charge is 0.458 e. The third-order valence-corrected chi connectivity index (χ3v) is 12.5. The van der Waals surface area contributed by atoms with E-state index in [1.165, 1.54) is 55.5 Å². The summed E-state index contributed by atoms with van der Waals surface area (Å²) < 4.78 is 7.27. The van der Waals surface area contributed by atoms with Crippen LogP contribution in [-0.2, 0) is 21.7 Å². The van der Waals surface area contributed by atoms with Crippen molar-refractivity contribution >= 4 is 40.2 Å². The van der Waals surface area contributed by atoms with Crippen molar-refractivity contribution in [2.24, 2.45) is 0 Å². The minimum absolute atomic E-state index is 0.0196. The Hall–Kier alpha value is -5.80. The Kier molecular flexibility index (Phi) is 8.89. The summed E-state index contributed by atoms with van der Waals surface area (Å²) >= 11 is 0. The highest BCUT2D eigenvalue weighted by Gasteiger charge is 2.46. The molecular weight excluding hydrogens is 701 g/mol. The minimum atomic E-state index is -0.650. The van der Waals surface area contributed by atoms with Gasteiger partial charge < -0.3 is 9.64 Å². The molecule has 0 spiro atoms. The van der Waals surface area contributed by atoms with Crippen molar-refractivity contribution in [1.29, 1.82) is 0 Å². The Labute approximate surface area is 346 Å². The van der Waals surface area contributed by atoms with E-state index in [0.717, 1.165) is 28.4 Å². The fourth-order valence-electron chi connectivity index (χ4n) is 9.36. The zero-order valence-electron chi connectivity index (χ0n) is 35.5. The van der Waals surface area contributed by atoms with Crippen LogP contribution in [0.5, 0.6) is 11.5 Å². The van der Waals surface area contributed by atoms with Crippen LogP contribution in [0.2, 0.25) is 0 Å². The minimum Gasteiger partial charge on any atom is -0.458 e. The van der Waals surface area contributed by atoms with Gasteiger partial charge in [-0.2, -0.15) is 0 Å². The average molecular weight is 756 g/mol. The standard InChI is InChI=1S/C55H54BNO/c1-52(2,3)37-25-29-44(30-26-37)57-47-31-27-41(53(4,5)6)33-45(47)56-46-34-42(54(7,8)9)28-32-49(46)58-50-36-43(35-48(57)51(50)56)55(38-19-13-10-14-20-38,39-21-15-11-16-22-39)40-23-17-12-18-24-40/h10-36H,1-9H3. The fourth-order valence-corrected chi connectivity index (χ4v) is 9.36. The second-order valence-electron chi connectivity index (χ2n) is 19.4. The number of nitrogens with zero attached hydrogens (tertiary/aromatic N) is 1. The lowest BCUT2D eigenvalue weighted by Gasteiger charge is -2.43. The van der Waals surface area contributed by atoms with Gasteiger partial charge in [-0.05, 0) is 108 Å². The van der Waals surface area contributed by atoms with E-state index in [1.807, 2.05) is 0 Å². The normalized spacial score (nSPS) is 13.7. The molecule has 0 unspecified atom stereocenters. The number of hydrogen-bond donors (Lipinski definition) is 0. The first kappa shape index (κ1) is 37.8. The first-order valence-corrected chi connectivity index (χ1v) is 20.9. The van der Waals surface area contributed by atoms with Gasteiger partial charge in [0.1, 0.15) is 11.5 Å². The zero-order chi connectivity index (χ0) is 40.6. The Morgan fingerprint density at radius 1 is 0.379 bits per heavy atom. The zero-order valence-corrected chi connectivity index (χ0v) is 35.5. The molecule has 3 heteroatoms. The smallest absolute Gasteiger partial charge is 0.256 e. The molecule has 2 heterocycles. The van der Waals surface area contributed by atoms with Crippen molar-refractivity contribution in [3.8, 4) is 11.5 Å². The molecule has 7 aromatic rings. The second-order valence-corrected chi connectivity index (χ2v) is 19.4.